The van der Waals surface area contributed by atoms with Crippen molar-refractivity contribution in [3.05, 3.63) is 35.4 Å². The van der Waals surface area contributed by atoms with Crippen LogP contribution in [0.25, 0.3) is 0 Å². The van der Waals surface area contributed by atoms with Crippen LogP contribution in [0.1, 0.15) is 31.1 Å². The fourth-order valence-corrected chi connectivity index (χ4v) is 3.07. The van der Waals surface area contributed by atoms with Gasteiger partial charge in [0.15, 0.2) is 11.6 Å². The fraction of sp³-hybridized carbons (Fsp3) is 0.588. The Labute approximate surface area is 135 Å². The average Bonchev–Trinajstić information content (AvgIpc) is 2.43. The standard InChI is InChI=1S/C17H24F2N2O2/c1-11(2)15(8-21-9-17(3,23)10-21)20(4)16(22)12-5-6-13(18)14(19)7-12/h5-7,11,15,23H,8-10H2,1-4H3/t15-/m1/s1. The van der Waals surface area contributed by atoms with Crippen LogP contribution in [0.5, 0.6) is 0 Å². The van der Waals surface area contributed by atoms with E-state index in [9.17, 15) is 18.7 Å². The molecule has 1 aliphatic heterocycles. The number of benzene rings is 1. The molecule has 0 unspecified atom stereocenters. The molecule has 1 fully saturated rings. The molecule has 0 saturated carbocycles. The van der Waals surface area contributed by atoms with Crippen LogP contribution in [0, 0.1) is 17.6 Å². The third-order valence-corrected chi connectivity index (χ3v) is 4.33. The maximum absolute atomic E-state index is 13.3. The first-order chi connectivity index (χ1) is 10.6. The number of hydrogen-bond donors (Lipinski definition) is 1. The first-order valence-electron chi connectivity index (χ1n) is 7.77. The first-order valence-corrected chi connectivity index (χ1v) is 7.77. The number of carbonyl (C=O) groups is 1. The van der Waals surface area contributed by atoms with Crippen molar-refractivity contribution < 1.29 is 18.7 Å². The van der Waals surface area contributed by atoms with Crippen LogP contribution in [0.15, 0.2) is 18.2 Å². The second-order valence-corrected chi connectivity index (χ2v) is 7.02. The van der Waals surface area contributed by atoms with Gasteiger partial charge < -0.3 is 10.0 Å². The maximum Gasteiger partial charge on any atom is 0.254 e. The zero-order chi connectivity index (χ0) is 17.4. The van der Waals surface area contributed by atoms with E-state index < -0.39 is 17.2 Å². The Balaban J connectivity index is 2.09. The Morgan fingerprint density at radius 1 is 1.35 bits per heavy atom. The van der Waals surface area contributed by atoms with Gasteiger partial charge >= 0.3 is 0 Å². The highest BCUT2D eigenvalue weighted by atomic mass is 19.2. The normalized spacial score (nSPS) is 18.6. The van der Waals surface area contributed by atoms with Crippen molar-refractivity contribution in [3.8, 4) is 0 Å². The van der Waals surface area contributed by atoms with Gasteiger partial charge in [0.1, 0.15) is 0 Å². The number of aliphatic hydroxyl groups is 1. The summed E-state index contributed by atoms with van der Waals surface area (Å²) in [7, 11) is 1.67. The molecular weight excluding hydrogens is 302 g/mol. The predicted molar refractivity (Wildman–Crippen MR) is 84.1 cm³/mol. The van der Waals surface area contributed by atoms with E-state index in [-0.39, 0.29) is 23.4 Å². The minimum absolute atomic E-state index is 0.0771. The Bertz CT molecular complexity index is 582. The lowest BCUT2D eigenvalue weighted by Crippen LogP contribution is -2.63. The van der Waals surface area contributed by atoms with Crippen LogP contribution in [0.4, 0.5) is 8.78 Å². The molecule has 6 heteroatoms. The number of rotatable bonds is 5. The summed E-state index contributed by atoms with van der Waals surface area (Å²) in [6, 6.07) is 3.11. The molecule has 1 amide bonds. The van der Waals surface area contributed by atoms with Gasteiger partial charge in [-0.15, -0.1) is 0 Å². The highest BCUT2D eigenvalue weighted by Crippen LogP contribution is 2.23. The number of likely N-dealkylation sites (N-methyl/N-ethyl adjacent to an activating group) is 1. The molecule has 1 aromatic carbocycles. The topological polar surface area (TPSA) is 43.8 Å². The van der Waals surface area contributed by atoms with Crippen molar-refractivity contribution in [1.29, 1.82) is 0 Å². The van der Waals surface area contributed by atoms with Gasteiger partial charge in [-0.2, -0.15) is 0 Å². The lowest BCUT2D eigenvalue weighted by molar-refractivity contribution is -0.0911. The van der Waals surface area contributed by atoms with E-state index in [2.05, 4.69) is 4.90 Å². The average molecular weight is 326 g/mol. The summed E-state index contributed by atoms with van der Waals surface area (Å²) >= 11 is 0. The summed E-state index contributed by atoms with van der Waals surface area (Å²) in [6.07, 6.45) is 0. The summed E-state index contributed by atoms with van der Waals surface area (Å²) in [4.78, 5) is 16.2. The van der Waals surface area contributed by atoms with Crippen LogP contribution in [0.2, 0.25) is 0 Å². The van der Waals surface area contributed by atoms with Crippen LogP contribution in [0.3, 0.4) is 0 Å². The molecular formula is C17H24F2N2O2. The maximum atomic E-state index is 13.3. The first kappa shape index (κ1) is 17.8. The molecule has 1 aliphatic rings. The van der Waals surface area contributed by atoms with Crippen molar-refractivity contribution in [2.75, 3.05) is 26.7 Å². The summed E-state index contributed by atoms with van der Waals surface area (Å²) < 4.78 is 26.4. The minimum atomic E-state index is -1.02. The molecule has 0 aromatic heterocycles. The Hall–Kier alpha value is -1.53. The third-order valence-electron chi connectivity index (χ3n) is 4.33. The molecule has 4 nitrogen and oxygen atoms in total. The van der Waals surface area contributed by atoms with Crippen molar-refractivity contribution in [2.24, 2.45) is 5.92 Å². The van der Waals surface area contributed by atoms with Gasteiger partial charge in [0.25, 0.3) is 5.91 Å². The van der Waals surface area contributed by atoms with E-state index >= 15 is 0 Å². The number of likely N-dealkylation sites (tertiary alicyclic amines) is 1. The molecule has 23 heavy (non-hydrogen) atoms. The molecule has 1 heterocycles. The lowest BCUT2D eigenvalue weighted by atomic mass is 9.93. The lowest BCUT2D eigenvalue weighted by Gasteiger charge is -2.47. The van der Waals surface area contributed by atoms with Crippen molar-refractivity contribution in [2.45, 2.75) is 32.4 Å². The second-order valence-electron chi connectivity index (χ2n) is 7.02. The SMILES string of the molecule is CC(C)[C@@H](CN1CC(C)(O)C1)N(C)C(=O)c1ccc(F)c(F)c1. The number of β-amino-alcohol motifs (C(OH)–C–C–N with tert-alkyl or cyclic N) is 1. The molecule has 1 aromatic rings. The largest absolute Gasteiger partial charge is 0.388 e. The molecule has 1 atom stereocenters. The van der Waals surface area contributed by atoms with E-state index in [1.165, 1.54) is 6.07 Å². The van der Waals surface area contributed by atoms with E-state index in [0.717, 1.165) is 12.1 Å². The van der Waals surface area contributed by atoms with Crippen LogP contribution in [-0.2, 0) is 0 Å². The van der Waals surface area contributed by atoms with Crippen molar-refractivity contribution in [1.82, 2.24) is 9.80 Å². The van der Waals surface area contributed by atoms with Gasteiger partial charge in [0, 0.05) is 38.3 Å². The monoisotopic (exact) mass is 326 g/mol. The van der Waals surface area contributed by atoms with Gasteiger partial charge in [0.2, 0.25) is 0 Å². The van der Waals surface area contributed by atoms with Crippen LogP contribution >= 0.6 is 0 Å². The van der Waals surface area contributed by atoms with Gasteiger partial charge in [-0.1, -0.05) is 13.8 Å². The summed E-state index contributed by atoms with van der Waals surface area (Å²) in [6.45, 7) is 7.59. The number of nitrogens with zero attached hydrogens (tertiary/aromatic N) is 2. The van der Waals surface area contributed by atoms with E-state index in [1.807, 2.05) is 13.8 Å². The summed E-state index contributed by atoms with van der Waals surface area (Å²) in [5.41, 5.74) is -0.530. The molecule has 1 N–H and O–H groups in total. The minimum Gasteiger partial charge on any atom is -0.388 e. The van der Waals surface area contributed by atoms with E-state index in [1.54, 1.807) is 18.9 Å². The Morgan fingerprint density at radius 2 is 1.96 bits per heavy atom. The Kier molecular flexibility index (Phi) is 5.06. The molecule has 2 rings (SSSR count). The molecule has 0 spiro atoms. The second kappa shape index (κ2) is 6.53. The highest BCUT2D eigenvalue weighted by Gasteiger charge is 2.38. The molecule has 128 valence electrons. The number of carbonyl (C=O) groups excluding carboxylic acids is 1. The number of halogens is 2. The zero-order valence-electron chi connectivity index (χ0n) is 14.0. The van der Waals surface area contributed by atoms with E-state index in [0.29, 0.717) is 19.6 Å². The molecule has 0 aliphatic carbocycles. The van der Waals surface area contributed by atoms with Gasteiger partial charge in [-0.3, -0.25) is 9.69 Å². The van der Waals surface area contributed by atoms with Gasteiger partial charge in [-0.05, 0) is 31.0 Å². The summed E-state index contributed by atoms with van der Waals surface area (Å²) in [5.74, 6) is -2.13. The zero-order valence-corrected chi connectivity index (χ0v) is 14.0. The smallest absolute Gasteiger partial charge is 0.254 e. The summed E-state index contributed by atoms with van der Waals surface area (Å²) in [5, 5.41) is 9.82. The van der Waals surface area contributed by atoms with Gasteiger partial charge in [-0.25, -0.2) is 8.78 Å². The number of hydrogen-bond acceptors (Lipinski definition) is 3. The van der Waals surface area contributed by atoms with Crippen molar-refractivity contribution in [3.63, 3.8) is 0 Å². The number of amides is 1. The molecule has 0 bridgehead atoms. The van der Waals surface area contributed by atoms with E-state index in [4.69, 9.17) is 0 Å². The van der Waals surface area contributed by atoms with Crippen molar-refractivity contribution >= 4 is 5.91 Å². The molecule has 0 radical (unpaired) electrons. The van der Waals surface area contributed by atoms with Gasteiger partial charge in [0.05, 0.1) is 5.60 Å². The van der Waals surface area contributed by atoms with Crippen LogP contribution in [-0.4, -0.2) is 59.1 Å². The quantitative estimate of drug-likeness (QED) is 0.901. The predicted octanol–water partition coefficient (Wildman–Crippen LogP) is 2.13. The molecule has 1 saturated heterocycles. The fourth-order valence-electron chi connectivity index (χ4n) is 3.07. The highest BCUT2D eigenvalue weighted by molar-refractivity contribution is 5.94. The Morgan fingerprint density at radius 3 is 2.43 bits per heavy atom. The third kappa shape index (κ3) is 4.06. The van der Waals surface area contributed by atoms with Crippen LogP contribution < -0.4 is 0 Å².